The molecule has 0 radical (unpaired) electrons. The number of aliphatic carboxylic acids is 1. The average molecular weight is 546 g/mol. The van der Waals surface area contributed by atoms with Crippen molar-refractivity contribution in [1.82, 2.24) is 15.1 Å². The van der Waals surface area contributed by atoms with Crippen LogP contribution in [0, 0.1) is 12.7 Å². The zero-order valence-electron chi connectivity index (χ0n) is 21.6. The fourth-order valence-corrected chi connectivity index (χ4v) is 4.85. The third-order valence-corrected chi connectivity index (χ3v) is 6.86. The van der Waals surface area contributed by atoms with Gasteiger partial charge in [0.2, 0.25) is 0 Å². The van der Waals surface area contributed by atoms with E-state index in [4.69, 9.17) is 9.90 Å². The molecule has 0 bridgehead atoms. The van der Waals surface area contributed by atoms with Crippen LogP contribution in [0.4, 0.5) is 29.1 Å². The highest BCUT2D eigenvalue weighted by Crippen LogP contribution is 2.30. The van der Waals surface area contributed by atoms with Crippen LogP contribution in [0.3, 0.4) is 0 Å². The second-order valence-electron chi connectivity index (χ2n) is 9.78. The summed E-state index contributed by atoms with van der Waals surface area (Å²) in [4.78, 5) is 13.6. The van der Waals surface area contributed by atoms with Gasteiger partial charge in [0, 0.05) is 44.5 Å². The number of halogens is 4. The number of aromatic nitrogens is 2. The van der Waals surface area contributed by atoms with E-state index < -0.39 is 12.1 Å². The third-order valence-electron chi connectivity index (χ3n) is 6.86. The van der Waals surface area contributed by atoms with Gasteiger partial charge in [0.15, 0.2) is 5.82 Å². The number of carboxylic acids is 1. The summed E-state index contributed by atoms with van der Waals surface area (Å²) in [6.45, 7) is 6.67. The van der Waals surface area contributed by atoms with Gasteiger partial charge in [-0.15, -0.1) is 5.10 Å². The Hall–Kier alpha value is -3.73. The molecule has 2 N–H and O–H groups in total. The molecule has 0 spiro atoms. The minimum atomic E-state index is -5.08. The van der Waals surface area contributed by atoms with Crippen molar-refractivity contribution < 1.29 is 27.5 Å². The molecule has 39 heavy (non-hydrogen) atoms. The first kappa shape index (κ1) is 28.3. The Balaban J connectivity index is 0.000000448. The predicted octanol–water partition coefficient (Wildman–Crippen LogP) is 5.20. The van der Waals surface area contributed by atoms with Crippen molar-refractivity contribution in [2.24, 2.45) is 0 Å². The van der Waals surface area contributed by atoms with Crippen molar-refractivity contribution >= 4 is 17.5 Å². The number of hydrogen-bond acceptors (Lipinski definition) is 6. The average Bonchev–Trinajstić information content (AvgIpc) is 2.90. The topological polar surface area (TPSA) is 81.6 Å². The summed E-state index contributed by atoms with van der Waals surface area (Å²) >= 11 is 0. The number of rotatable bonds is 5. The summed E-state index contributed by atoms with van der Waals surface area (Å²) in [5.41, 5.74) is 6.08. The Morgan fingerprint density at radius 3 is 2.41 bits per heavy atom. The SMILES string of the molecule is Cc1ccc(N2CCc3c(cccc3NC3CCN(Cc4cccc(F)c4)CC3)C2)nn1.O=C(O)C(F)(F)F. The molecule has 1 aromatic heterocycles. The highest BCUT2D eigenvalue weighted by Gasteiger charge is 2.38. The Labute approximate surface area is 224 Å². The van der Waals surface area contributed by atoms with Crippen molar-refractivity contribution in [1.29, 1.82) is 0 Å². The number of likely N-dealkylation sites (tertiary alicyclic amines) is 1. The van der Waals surface area contributed by atoms with Crippen LogP contribution in [0.2, 0.25) is 0 Å². The Morgan fingerprint density at radius 1 is 1.05 bits per heavy atom. The second-order valence-corrected chi connectivity index (χ2v) is 9.78. The van der Waals surface area contributed by atoms with E-state index in [1.165, 1.54) is 22.9 Å². The van der Waals surface area contributed by atoms with Gasteiger partial charge in [0.25, 0.3) is 0 Å². The third kappa shape index (κ3) is 7.89. The molecule has 7 nitrogen and oxygen atoms in total. The standard InChI is InChI=1S/C26H30FN5.C2HF3O2/c1-19-8-9-26(30-29-19)32-15-12-24-21(18-32)5-3-7-25(24)28-23-10-13-31(14-11-23)17-20-4-2-6-22(27)16-20;3-2(4,5)1(6)7/h2-9,16,23,28H,10-15,17-18H2,1H3;(H,6,7). The number of nitrogens with zero attached hydrogens (tertiary/aromatic N) is 4. The van der Waals surface area contributed by atoms with Crippen molar-refractivity contribution in [2.75, 3.05) is 29.9 Å². The number of hydrogen-bond donors (Lipinski definition) is 2. The van der Waals surface area contributed by atoms with Gasteiger partial charge in [0.05, 0.1) is 5.69 Å². The lowest BCUT2D eigenvalue weighted by molar-refractivity contribution is -0.192. The van der Waals surface area contributed by atoms with Gasteiger partial charge < -0.3 is 15.3 Å². The monoisotopic (exact) mass is 545 g/mol. The van der Waals surface area contributed by atoms with Crippen molar-refractivity contribution in [3.05, 3.63) is 82.8 Å². The van der Waals surface area contributed by atoms with Crippen LogP contribution < -0.4 is 10.2 Å². The number of anilines is 2. The molecule has 5 rings (SSSR count). The lowest BCUT2D eigenvalue weighted by Gasteiger charge is -2.35. The second kappa shape index (κ2) is 12.4. The van der Waals surface area contributed by atoms with Crippen LogP contribution in [0.25, 0.3) is 0 Å². The van der Waals surface area contributed by atoms with E-state index >= 15 is 0 Å². The molecule has 2 aliphatic rings. The summed E-state index contributed by atoms with van der Waals surface area (Å²) in [6.07, 6.45) is -1.87. The highest BCUT2D eigenvalue weighted by molar-refractivity contribution is 5.73. The maximum Gasteiger partial charge on any atom is 0.490 e. The maximum absolute atomic E-state index is 13.5. The fraction of sp³-hybridized carbons (Fsp3) is 0.393. The van der Waals surface area contributed by atoms with E-state index in [1.54, 1.807) is 12.1 Å². The van der Waals surface area contributed by atoms with Gasteiger partial charge in [-0.2, -0.15) is 18.3 Å². The van der Waals surface area contributed by atoms with Gasteiger partial charge in [-0.1, -0.05) is 24.3 Å². The maximum atomic E-state index is 13.5. The molecule has 1 fully saturated rings. The Bertz CT molecular complexity index is 1260. The largest absolute Gasteiger partial charge is 0.490 e. The van der Waals surface area contributed by atoms with Gasteiger partial charge in [-0.25, -0.2) is 9.18 Å². The number of fused-ring (bicyclic) bond motifs is 1. The van der Waals surface area contributed by atoms with Crippen LogP contribution >= 0.6 is 0 Å². The number of carbonyl (C=O) groups is 1. The van der Waals surface area contributed by atoms with Crippen LogP contribution in [-0.4, -0.2) is 58.0 Å². The quantitative estimate of drug-likeness (QED) is 0.427. The molecule has 3 aromatic rings. The van der Waals surface area contributed by atoms with E-state index in [0.717, 1.165) is 69.1 Å². The minimum Gasteiger partial charge on any atom is -0.475 e. The molecule has 0 saturated carbocycles. The van der Waals surface area contributed by atoms with Crippen molar-refractivity contribution in [3.63, 3.8) is 0 Å². The Kier molecular flexibility index (Phi) is 9.01. The van der Waals surface area contributed by atoms with Gasteiger partial charge in [-0.3, -0.25) is 4.90 Å². The van der Waals surface area contributed by atoms with E-state index in [1.807, 2.05) is 19.1 Å². The molecular weight excluding hydrogens is 514 g/mol. The van der Waals surface area contributed by atoms with Crippen molar-refractivity contribution in [3.8, 4) is 0 Å². The minimum absolute atomic E-state index is 0.152. The van der Waals surface area contributed by atoms with E-state index in [-0.39, 0.29) is 5.82 Å². The number of carboxylic acid groups (broad SMARTS) is 1. The highest BCUT2D eigenvalue weighted by atomic mass is 19.4. The molecule has 0 amide bonds. The molecule has 1 saturated heterocycles. The van der Waals surface area contributed by atoms with Gasteiger partial charge >= 0.3 is 12.1 Å². The lowest BCUT2D eigenvalue weighted by atomic mass is 9.96. The molecule has 0 atom stereocenters. The van der Waals surface area contributed by atoms with Crippen LogP contribution in [0.5, 0.6) is 0 Å². The molecule has 208 valence electrons. The van der Waals surface area contributed by atoms with Gasteiger partial charge in [0.1, 0.15) is 5.82 Å². The zero-order chi connectivity index (χ0) is 28.0. The van der Waals surface area contributed by atoms with Gasteiger partial charge in [-0.05, 0) is 73.2 Å². The molecule has 3 heterocycles. The molecule has 2 aliphatic heterocycles. The van der Waals surface area contributed by atoms with E-state index in [9.17, 15) is 17.6 Å². The van der Waals surface area contributed by atoms with Crippen LogP contribution in [-0.2, 0) is 24.3 Å². The first-order chi connectivity index (χ1) is 18.6. The summed E-state index contributed by atoms with van der Waals surface area (Å²) in [5.74, 6) is -1.96. The fourth-order valence-electron chi connectivity index (χ4n) is 4.85. The normalized spacial score (nSPS) is 16.2. The predicted molar refractivity (Wildman–Crippen MR) is 140 cm³/mol. The van der Waals surface area contributed by atoms with Crippen molar-refractivity contribution in [2.45, 2.75) is 51.5 Å². The lowest BCUT2D eigenvalue weighted by Crippen LogP contribution is -2.39. The molecule has 0 aliphatic carbocycles. The summed E-state index contributed by atoms with van der Waals surface area (Å²) < 4.78 is 45.2. The number of aryl methyl sites for hydroxylation is 1. The summed E-state index contributed by atoms with van der Waals surface area (Å²) in [6, 6.07) is 18.1. The number of benzene rings is 2. The summed E-state index contributed by atoms with van der Waals surface area (Å²) in [7, 11) is 0. The first-order valence-corrected chi connectivity index (χ1v) is 12.8. The molecular formula is C28H31F4N5O2. The van der Waals surface area contributed by atoms with Crippen LogP contribution in [0.15, 0.2) is 54.6 Å². The molecule has 11 heteroatoms. The number of nitrogens with one attached hydrogen (secondary N) is 1. The number of piperidine rings is 1. The van der Waals surface area contributed by atoms with E-state index in [2.05, 4.69) is 49.6 Å². The number of alkyl halides is 3. The summed E-state index contributed by atoms with van der Waals surface area (Å²) in [5, 5.41) is 19.5. The zero-order valence-corrected chi connectivity index (χ0v) is 21.6. The van der Waals surface area contributed by atoms with E-state index in [0.29, 0.717) is 6.04 Å². The van der Waals surface area contributed by atoms with Crippen LogP contribution in [0.1, 0.15) is 35.2 Å². The molecule has 0 unspecified atom stereocenters. The first-order valence-electron chi connectivity index (χ1n) is 12.8. The smallest absolute Gasteiger partial charge is 0.475 e. The molecule has 2 aromatic carbocycles. The Morgan fingerprint density at radius 2 is 1.77 bits per heavy atom.